The molecular formula is C30H41N5O2S. The Balaban J connectivity index is 1.43. The predicted molar refractivity (Wildman–Crippen MR) is 157 cm³/mol. The first kappa shape index (κ1) is 26.7. The van der Waals surface area contributed by atoms with Crippen LogP contribution in [0.3, 0.4) is 0 Å². The predicted octanol–water partition coefficient (Wildman–Crippen LogP) is 5.36. The van der Waals surface area contributed by atoms with Gasteiger partial charge in [0.05, 0.1) is 29.3 Å². The van der Waals surface area contributed by atoms with E-state index in [1.165, 1.54) is 5.69 Å². The van der Waals surface area contributed by atoms with Gasteiger partial charge in [0.25, 0.3) is 0 Å². The maximum absolute atomic E-state index is 13.6. The number of aromatic nitrogens is 3. The summed E-state index contributed by atoms with van der Waals surface area (Å²) in [4.78, 5) is 22.5. The van der Waals surface area contributed by atoms with Crippen molar-refractivity contribution in [2.75, 3.05) is 30.0 Å². The average Bonchev–Trinajstić information content (AvgIpc) is 3.24. The number of carbonyl (C=O) groups excluding carboxylic acids is 1. The molecule has 38 heavy (non-hydrogen) atoms. The molecule has 0 unspecified atom stereocenters. The Kier molecular flexibility index (Phi) is 6.83. The molecule has 1 fully saturated rings. The number of benzene rings is 1. The summed E-state index contributed by atoms with van der Waals surface area (Å²) in [5, 5.41) is 4.72. The lowest BCUT2D eigenvalue weighted by molar-refractivity contribution is -0.139. The fraction of sp³-hybridized carbons (Fsp3) is 0.533. The van der Waals surface area contributed by atoms with Crippen LogP contribution in [0.2, 0.25) is 0 Å². The smallest absolute Gasteiger partial charge is 0.226 e. The molecule has 2 aliphatic heterocycles. The van der Waals surface area contributed by atoms with Crippen molar-refractivity contribution in [3.8, 4) is 0 Å². The molecule has 0 aliphatic carbocycles. The van der Waals surface area contributed by atoms with Gasteiger partial charge in [-0.3, -0.25) is 9.00 Å². The molecule has 1 aromatic carbocycles. The highest BCUT2D eigenvalue weighted by atomic mass is 32.2. The van der Waals surface area contributed by atoms with Crippen LogP contribution < -0.4 is 4.90 Å². The fourth-order valence-electron chi connectivity index (χ4n) is 6.34. The summed E-state index contributed by atoms with van der Waals surface area (Å²) < 4.78 is 14.3. The third-order valence-electron chi connectivity index (χ3n) is 8.27. The molecule has 0 saturated carbocycles. The third-order valence-corrected chi connectivity index (χ3v) is 10.2. The van der Waals surface area contributed by atoms with Gasteiger partial charge in [-0.2, -0.15) is 5.10 Å². The van der Waals surface area contributed by atoms with Gasteiger partial charge in [0, 0.05) is 48.7 Å². The molecule has 4 heterocycles. The molecule has 0 N–H and O–H groups in total. The first-order valence-electron chi connectivity index (χ1n) is 13.7. The van der Waals surface area contributed by atoms with E-state index in [1.54, 1.807) is 0 Å². The summed E-state index contributed by atoms with van der Waals surface area (Å²) in [6.07, 6.45) is 4.33. The lowest BCUT2D eigenvalue weighted by atomic mass is 9.80. The van der Waals surface area contributed by atoms with Crippen molar-refractivity contribution < 1.29 is 9.00 Å². The van der Waals surface area contributed by atoms with Gasteiger partial charge in [-0.05, 0) is 64.7 Å². The van der Waals surface area contributed by atoms with E-state index in [4.69, 9.17) is 10.1 Å². The maximum Gasteiger partial charge on any atom is 0.226 e. The summed E-state index contributed by atoms with van der Waals surface area (Å²) in [7, 11) is -0.0882. The molecule has 7 nitrogen and oxygen atoms in total. The number of hydrogen-bond acceptors (Lipinski definition) is 5. The van der Waals surface area contributed by atoms with Crippen LogP contribution in [-0.4, -0.2) is 60.6 Å². The third kappa shape index (κ3) is 4.95. The van der Waals surface area contributed by atoms with Gasteiger partial charge < -0.3 is 9.80 Å². The maximum atomic E-state index is 13.6. The Labute approximate surface area is 227 Å². The van der Waals surface area contributed by atoms with E-state index < -0.39 is 9.52 Å². The topological polar surface area (TPSA) is 70.8 Å². The van der Waals surface area contributed by atoms with E-state index in [0.29, 0.717) is 30.3 Å². The number of fused-ring (bicyclic) bond motifs is 3. The molecule has 2 atom stereocenters. The molecule has 1 amide bonds. The number of hydrogen-bond donors (Lipinski definition) is 0. The lowest BCUT2D eigenvalue weighted by Gasteiger charge is -2.41. The van der Waals surface area contributed by atoms with Crippen molar-refractivity contribution >= 4 is 38.3 Å². The minimum Gasteiger partial charge on any atom is -0.339 e. The van der Waals surface area contributed by atoms with Crippen LogP contribution in [0.15, 0.2) is 36.5 Å². The molecule has 2 aliphatic rings. The SMILES string of the molecule is C=S1(=O)CCC(C(=O)N(C)[C@@H](c2ccc(N3CC[C@H](C)c4c3cnc3cc(C)nn43)cc2)C(C)(C)C)CC1. The Morgan fingerprint density at radius 2 is 1.82 bits per heavy atom. The van der Waals surface area contributed by atoms with Crippen LogP contribution in [0.4, 0.5) is 11.4 Å². The van der Waals surface area contributed by atoms with Crippen LogP contribution >= 0.6 is 0 Å². The summed E-state index contributed by atoms with van der Waals surface area (Å²) in [6.45, 7) is 11.7. The van der Waals surface area contributed by atoms with Gasteiger partial charge in [0.15, 0.2) is 5.65 Å². The molecule has 1 saturated heterocycles. The average molecular weight is 536 g/mol. The van der Waals surface area contributed by atoms with Crippen molar-refractivity contribution in [2.45, 2.75) is 65.8 Å². The summed E-state index contributed by atoms with van der Waals surface area (Å²) in [5.41, 5.74) is 6.25. The highest BCUT2D eigenvalue weighted by Crippen LogP contribution is 2.42. The molecule has 0 spiro atoms. The number of carbonyl (C=O) groups is 1. The highest BCUT2D eigenvalue weighted by molar-refractivity contribution is 8.00. The van der Waals surface area contributed by atoms with Gasteiger partial charge in [-0.15, -0.1) is 0 Å². The van der Waals surface area contributed by atoms with Crippen molar-refractivity contribution in [1.29, 1.82) is 0 Å². The van der Waals surface area contributed by atoms with Gasteiger partial charge in [-0.25, -0.2) is 9.50 Å². The van der Waals surface area contributed by atoms with Gasteiger partial charge >= 0.3 is 0 Å². The zero-order valence-corrected chi connectivity index (χ0v) is 24.4. The van der Waals surface area contributed by atoms with Crippen molar-refractivity contribution in [3.63, 3.8) is 0 Å². The summed E-state index contributed by atoms with van der Waals surface area (Å²) >= 11 is 0. The summed E-state index contributed by atoms with van der Waals surface area (Å²) in [6, 6.07) is 10.6. The van der Waals surface area contributed by atoms with E-state index in [9.17, 15) is 9.00 Å². The lowest BCUT2D eigenvalue weighted by Crippen LogP contribution is -2.43. The molecule has 0 bridgehead atoms. The van der Waals surface area contributed by atoms with E-state index in [0.717, 1.165) is 41.2 Å². The minimum absolute atomic E-state index is 0.0721. The fourth-order valence-corrected chi connectivity index (χ4v) is 7.97. The Morgan fingerprint density at radius 1 is 1.16 bits per heavy atom. The molecular weight excluding hydrogens is 494 g/mol. The Morgan fingerprint density at radius 3 is 2.45 bits per heavy atom. The van der Waals surface area contributed by atoms with E-state index in [2.05, 4.69) is 62.7 Å². The van der Waals surface area contributed by atoms with Gasteiger partial charge in [0.1, 0.15) is 0 Å². The zero-order valence-electron chi connectivity index (χ0n) is 23.6. The number of anilines is 2. The number of amides is 1. The zero-order chi connectivity index (χ0) is 27.4. The number of aryl methyl sites for hydroxylation is 1. The summed E-state index contributed by atoms with van der Waals surface area (Å²) in [5.74, 6) is 5.41. The quantitative estimate of drug-likeness (QED) is 0.421. The largest absolute Gasteiger partial charge is 0.339 e. The van der Waals surface area contributed by atoms with E-state index in [-0.39, 0.29) is 23.3 Å². The second kappa shape index (κ2) is 9.70. The van der Waals surface area contributed by atoms with Crippen LogP contribution in [0, 0.1) is 18.3 Å². The van der Waals surface area contributed by atoms with Crippen molar-refractivity contribution in [2.24, 2.45) is 11.3 Å². The van der Waals surface area contributed by atoms with Gasteiger partial charge in [0.2, 0.25) is 5.91 Å². The van der Waals surface area contributed by atoms with E-state index in [1.807, 2.05) is 35.6 Å². The normalized spacial score (nSPS) is 24.7. The second-order valence-corrected chi connectivity index (χ2v) is 15.1. The van der Waals surface area contributed by atoms with Crippen LogP contribution in [0.1, 0.15) is 75.9 Å². The Bertz CT molecular complexity index is 1440. The van der Waals surface area contributed by atoms with Crippen molar-refractivity contribution in [1.82, 2.24) is 19.5 Å². The molecule has 204 valence electrons. The monoisotopic (exact) mass is 535 g/mol. The Hall–Kier alpha value is -2.87. The molecule has 8 heteroatoms. The highest BCUT2D eigenvalue weighted by Gasteiger charge is 2.37. The first-order valence-corrected chi connectivity index (χ1v) is 15.7. The second-order valence-electron chi connectivity index (χ2n) is 12.4. The molecule has 0 radical (unpaired) electrons. The van der Waals surface area contributed by atoms with Crippen LogP contribution in [-0.2, 0) is 14.3 Å². The van der Waals surface area contributed by atoms with Crippen molar-refractivity contribution in [3.05, 3.63) is 53.5 Å². The first-order chi connectivity index (χ1) is 17.9. The molecule has 3 aromatic rings. The molecule has 5 rings (SSSR count). The van der Waals surface area contributed by atoms with Crippen LogP contribution in [0.25, 0.3) is 5.65 Å². The minimum atomic E-state index is -2.01. The number of nitrogens with zero attached hydrogens (tertiary/aromatic N) is 5. The van der Waals surface area contributed by atoms with Crippen LogP contribution in [0.5, 0.6) is 0 Å². The standard InChI is InChI=1S/C30H41N5O2S/c1-20-12-15-34(25-19-31-26-18-21(2)32-35(26)27(20)25)24-10-8-22(9-11-24)28(30(3,4)5)33(6)29(36)23-13-16-38(7,37)17-14-23/h8-11,18-20,23,28H,7,12-17H2,1-6H3/t20-,23?,28-,38?/m0/s1. The van der Waals surface area contributed by atoms with E-state index >= 15 is 0 Å². The molecule has 2 aromatic heterocycles. The van der Waals surface area contributed by atoms with Gasteiger partial charge in [-0.1, -0.05) is 39.8 Å². The number of rotatable bonds is 4.